The zero-order chi connectivity index (χ0) is 17.4. The van der Waals surface area contributed by atoms with Gasteiger partial charge in [0.15, 0.2) is 5.82 Å². The SMILES string of the molecule is COc1cccc(N2Cc3nc(=O)n(Cc4ccccc4)n3C2=O)c1. The van der Waals surface area contributed by atoms with E-state index in [1.165, 1.54) is 9.36 Å². The van der Waals surface area contributed by atoms with Crippen molar-refractivity contribution in [1.29, 1.82) is 0 Å². The Labute approximate surface area is 143 Å². The van der Waals surface area contributed by atoms with E-state index in [4.69, 9.17) is 4.74 Å². The topological polar surface area (TPSA) is 69.4 Å². The second-order valence-electron chi connectivity index (χ2n) is 5.74. The lowest BCUT2D eigenvalue weighted by atomic mass is 10.2. The molecule has 126 valence electrons. The van der Waals surface area contributed by atoms with Crippen LogP contribution in [0.3, 0.4) is 0 Å². The number of hydrogen-bond donors (Lipinski definition) is 0. The maximum Gasteiger partial charge on any atom is 0.364 e. The van der Waals surface area contributed by atoms with Crippen molar-refractivity contribution in [3.63, 3.8) is 0 Å². The molecule has 1 aliphatic rings. The number of aromatic nitrogens is 3. The number of hydrogen-bond acceptors (Lipinski definition) is 4. The van der Waals surface area contributed by atoms with Gasteiger partial charge in [0, 0.05) is 11.8 Å². The van der Waals surface area contributed by atoms with E-state index in [-0.39, 0.29) is 12.6 Å². The van der Waals surface area contributed by atoms with Gasteiger partial charge >= 0.3 is 11.7 Å². The van der Waals surface area contributed by atoms with E-state index in [1.807, 2.05) is 48.5 Å². The first-order valence-electron chi connectivity index (χ1n) is 7.86. The van der Waals surface area contributed by atoms with Crippen molar-refractivity contribution in [2.75, 3.05) is 12.0 Å². The first-order chi connectivity index (χ1) is 12.2. The lowest BCUT2D eigenvalue weighted by molar-refractivity contribution is 0.244. The van der Waals surface area contributed by atoms with Gasteiger partial charge in [0.1, 0.15) is 5.75 Å². The van der Waals surface area contributed by atoms with Gasteiger partial charge < -0.3 is 4.74 Å². The second kappa shape index (κ2) is 5.94. The minimum atomic E-state index is -0.419. The van der Waals surface area contributed by atoms with Crippen LogP contribution in [0.4, 0.5) is 10.5 Å². The summed E-state index contributed by atoms with van der Waals surface area (Å²) in [6.07, 6.45) is 0. The van der Waals surface area contributed by atoms with Crippen LogP contribution < -0.4 is 15.3 Å². The van der Waals surface area contributed by atoms with E-state index in [1.54, 1.807) is 18.1 Å². The summed E-state index contributed by atoms with van der Waals surface area (Å²) in [5, 5.41) is 0. The molecule has 0 bridgehead atoms. The number of benzene rings is 2. The van der Waals surface area contributed by atoms with Crippen molar-refractivity contribution < 1.29 is 9.53 Å². The van der Waals surface area contributed by atoms with Crippen molar-refractivity contribution in [2.24, 2.45) is 0 Å². The first kappa shape index (κ1) is 15.2. The Morgan fingerprint density at radius 1 is 1.08 bits per heavy atom. The quantitative estimate of drug-likeness (QED) is 0.731. The van der Waals surface area contributed by atoms with Gasteiger partial charge in [0.25, 0.3) is 0 Å². The number of methoxy groups -OCH3 is 1. The molecule has 0 atom stereocenters. The standard InChI is InChI=1S/C18H16N4O3/c1-25-15-9-5-8-14(10-15)20-12-16-19-17(23)21(22(16)18(20)24)11-13-6-3-2-4-7-13/h2-10H,11-12H2,1H3. The van der Waals surface area contributed by atoms with Gasteiger partial charge in [-0.2, -0.15) is 9.67 Å². The summed E-state index contributed by atoms with van der Waals surface area (Å²) in [6.45, 7) is 0.549. The Morgan fingerprint density at radius 2 is 1.88 bits per heavy atom. The summed E-state index contributed by atoms with van der Waals surface area (Å²) >= 11 is 0. The fourth-order valence-electron chi connectivity index (χ4n) is 2.95. The van der Waals surface area contributed by atoms with Gasteiger partial charge in [0.05, 0.1) is 20.2 Å². The van der Waals surface area contributed by atoms with Crippen LogP contribution in [-0.4, -0.2) is 27.5 Å². The monoisotopic (exact) mass is 336 g/mol. The van der Waals surface area contributed by atoms with Gasteiger partial charge in [-0.05, 0) is 17.7 Å². The van der Waals surface area contributed by atoms with E-state index in [0.717, 1.165) is 5.56 Å². The Morgan fingerprint density at radius 3 is 2.64 bits per heavy atom. The maximum atomic E-state index is 12.9. The number of ether oxygens (including phenoxy) is 1. The van der Waals surface area contributed by atoms with Gasteiger partial charge in [-0.15, -0.1) is 0 Å². The van der Waals surface area contributed by atoms with E-state index >= 15 is 0 Å². The molecule has 0 aliphatic carbocycles. The number of carbonyl (C=O) groups is 1. The van der Waals surface area contributed by atoms with Crippen LogP contribution in [0.15, 0.2) is 59.4 Å². The molecule has 0 spiro atoms. The Balaban J connectivity index is 1.69. The van der Waals surface area contributed by atoms with Gasteiger partial charge in [0.2, 0.25) is 0 Å². The lowest BCUT2D eigenvalue weighted by Gasteiger charge is -2.16. The molecule has 7 nitrogen and oxygen atoms in total. The van der Waals surface area contributed by atoms with Crippen LogP contribution >= 0.6 is 0 Å². The molecule has 0 unspecified atom stereocenters. The number of carbonyl (C=O) groups excluding carboxylic acids is 1. The summed E-state index contributed by atoms with van der Waals surface area (Å²) in [5.41, 5.74) is 1.21. The molecule has 0 radical (unpaired) electrons. The fourth-order valence-corrected chi connectivity index (χ4v) is 2.95. The van der Waals surface area contributed by atoms with Crippen LogP contribution in [0.25, 0.3) is 0 Å². The molecule has 7 heteroatoms. The summed E-state index contributed by atoms with van der Waals surface area (Å²) in [4.78, 5) is 30.7. The van der Waals surface area contributed by atoms with E-state index in [2.05, 4.69) is 4.98 Å². The van der Waals surface area contributed by atoms with Gasteiger partial charge in [-0.3, -0.25) is 4.90 Å². The normalized spacial score (nSPS) is 13.2. The average molecular weight is 336 g/mol. The third-order valence-electron chi connectivity index (χ3n) is 4.18. The number of anilines is 1. The molecule has 3 aromatic rings. The molecular formula is C18H16N4O3. The van der Waals surface area contributed by atoms with Gasteiger partial charge in [-0.25, -0.2) is 14.3 Å². The first-order valence-corrected chi connectivity index (χ1v) is 7.86. The van der Waals surface area contributed by atoms with E-state index < -0.39 is 5.69 Å². The van der Waals surface area contributed by atoms with Crippen LogP contribution in [0, 0.1) is 0 Å². The van der Waals surface area contributed by atoms with Crippen molar-refractivity contribution in [1.82, 2.24) is 14.3 Å². The van der Waals surface area contributed by atoms with Crippen molar-refractivity contribution in [3.05, 3.63) is 76.5 Å². The highest BCUT2D eigenvalue weighted by Crippen LogP contribution is 2.26. The summed E-state index contributed by atoms with van der Waals surface area (Å²) in [5.74, 6) is 1.10. The summed E-state index contributed by atoms with van der Waals surface area (Å²) < 4.78 is 7.94. The van der Waals surface area contributed by atoms with E-state index in [0.29, 0.717) is 23.8 Å². The van der Waals surface area contributed by atoms with E-state index in [9.17, 15) is 9.59 Å². The second-order valence-corrected chi connectivity index (χ2v) is 5.74. The van der Waals surface area contributed by atoms with Gasteiger partial charge in [-0.1, -0.05) is 36.4 Å². The molecule has 25 heavy (non-hydrogen) atoms. The number of nitrogens with zero attached hydrogens (tertiary/aromatic N) is 4. The molecule has 4 rings (SSSR count). The smallest absolute Gasteiger partial charge is 0.364 e. The molecule has 0 saturated heterocycles. The van der Waals surface area contributed by atoms with Crippen LogP contribution in [0.2, 0.25) is 0 Å². The number of rotatable bonds is 4. The summed E-state index contributed by atoms with van der Waals surface area (Å²) in [7, 11) is 1.58. The highest BCUT2D eigenvalue weighted by atomic mass is 16.5. The number of fused-ring (bicyclic) bond motifs is 1. The molecule has 1 aliphatic heterocycles. The Bertz CT molecular complexity index is 991. The maximum absolute atomic E-state index is 12.9. The third-order valence-corrected chi connectivity index (χ3v) is 4.18. The number of amides is 1. The molecule has 2 heterocycles. The van der Waals surface area contributed by atoms with Crippen molar-refractivity contribution >= 4 is 11.7 Å². The highest BCUT2D eigenvalue weighted by Gasteiger charge is 2.33. The minimum Gasteiger partial charge on any atom is -0.497 e. The molecule has 1 amide bonds. The fraction of sp³-hybridized carbons (Fsp3) is 0.167. The predicted octanol–water partition coefficient (Wildman–Crippen LogP) is 2.09. The molecule has 0 saturated carbocycles. The molecule has 1 aromatic heterocycles. The zero-order valence-corrected chi connectivity index (χ0v) is 13.6. The third kappa shape index (κ3) is 2.59. The zero-order valence-electron chi connectivity index (χ0n) is 13.6. The average Bonchev–Trinajstić information content (AvgIpc) is 3.12. The largest absolute Gasteiger partial charge is 0.497 e. The molecule has 0 fully saturated rings. The highest BCUT2D eigenvalue weighted by molar-refractivity contribution is 5.95. The Kier molecular flexibility index (Phi) is 3.61. The lowest BCUT2D eigenvalue weighted by Crippen LogP contribution is -2.34. The van der Waals surface area contributed by atoms with Crippen LogP contribution in [0.1, 0.15) is 11.4 Å². The minimum absolute atomic E-state index is 0.253. The van der Waals surface area contributed by atoms with Crippen LogP contribution in [-0.2, 0) is 13.1 Å². The summed E-state index contributed by atoms with van der Waals surface area (Å²) in [6, 6.07) is 16.5. The molecular weight excluding hydrogens is 320 g/mol. The molecule has 0 N–H and O–H groups in total. The van der Waals surface area contributed by atoms with Crippen LogP contribution in [0.5, 0.6) is 5.75 Å². The molecule has 2 aromatic carbocycles. The van der Waals surface area contributed by atoms with Crippen molar-refractivity contribution in [2.45, 2.75) is 13.1 Å². The Hall–Kier alpha value is -3.35. The predicted molar refractivity (Wildman–Crippen MR) is 92.0 cm³/mol. The van der Waals surface area contributed by atoms with Crippen molar-refractivity contribution in [3.8, 4) is 5.75 Å².